The van der Waals surface area contributed by atoms with Gasteiger partial charge in [0.2, 0.25) is 5.91 Å². The molecule has 2 heteroatoms. The minimum Gasteiger partial charge on any atom is -0.339 e. The molecule has 1 aromatic rings. The molecule has 0 spiro atoms. The van der Waals surface area contributed by atoms with Crippen molar-refractivity contribution >= 4 is 5.91 Å². The monoisotopic (exact) mass is 283 g/mol. The Labute approximate surface area is 127 Å². The molecule has 0 radical (unpaired) electrons. The summed E-state index contributed by atoms with van der Waals surface area (Å²) in [6.45, 7) is 0. The summed E-state index contributed by atoms with van der Waals surface area (Å²) in [5, 5.41) is 0. The van der Waals surface area contributed by atoms with Crippen LogP contribution in [0.15, 0.2) is 24.3 Å². The number of amides is 1. The highest BCUT2D eigenvalue weighted by atomic mass is 16.2. The van der Waals surface area contributed by atoms with Gasteiger partial charge in [0, 0.05) is 13.5 Å². The lowest BCUT2D eigenvalue weighted by atomic mass is 9.86. The Hall–Kier alpha value is -1.31. The highest BCUT2D eigenvalue weighted by molar-refractivity contribution is 5.77. The maximum Gasteiger partial charge on any atom is 0.223 e. The number of nitrogens with zero attached hydrogens (tertiary/aromatic N) is 1. The van der Waals surface area contributed by atoms with Crippen LogP contribution in [-0.4, -0.2) is 17.9 Å². The maximum absolute atomic E-state index is 12.7. The number of hydrogen-bond donors (Lipinski definition) is 0. The first-order valence-corrected chi connectivity index (χ1v) is 8.56. The fourth-order valence-corrected chi connectivity index (χ4v) is 5.11. The predicted molar refractivity (Wildman–Crippen MR) is 83.8 cm³/mol. The second-order valence-electron chi connectivity index (χ2n) is 7.40. The average Bonchev–Trinajstić information content (AvgIpc) is 3.21. The lowest BCUT2D eigenvalue weighted by molar-refractivity contribution is -0.133. The number of fused-ring (bicyclic) bond motifs is 3. The smallest absolute Gasteiger partial charge is 0.223 e. The lowest BCUT2D eigenvalue weighted by Crippen LogP contribution is -2.32. The molecule has 0 saturated heterocycles. The van der Waals surface area contributed by atoms with Crippen LogP contribution >= 0.6 is 0 Å². The molecule has 0 heterocycles. The highest BCUT2D eigenvalue weighted by Gasteiger charge is 2.41. The van der Waals surface area contributed by atoms with Gasteiger partial charge in [-0.05, 0) is 61.0 Å². The van der Waals surface area contributed by atoms with E-state index in [2.05, 4.69) is 24.3 Å². The van der Waals surface area contributed by atoms with E-state index in [-0.39, 0.29) is 0 Å². The number of rotatable bonds is 3. The summed E-state index contributed by atoms with van der Waals surface area (Å²) < 4.78 is 0. The van der Waals surface area contributed by atoms with Crippen LogP contribution in [-0.2, 0) is 11.2 Å². The van der Waals surface area contributed by atoms with Gasteiger partial charge >= 0.3 is 0 Å². The van der Waals surface area contributed by atoms with E-state index in [0.717, 1.165) is 31.1 Å². The summed E-state index contributed by atoms with van der Waals surface area (Å²) in [5.74, 6) is 2.83. The Morgan fingerprint density at radius 2 is 2.05 bits per heavy atom. The van der Waals surface area contributed by atoms with Crippen LogP contribution in [0.1, 0.15) is 55.7 Å². The van der Waals surface area contributed by atoms with E-state index >= 15 is 0 Å². The molecule has 3 aliphatic rings. The van der Waals surface area contributed by atoms with Gasteiger partial charge in [-0.2, -0.15) is 0 Å². The molecule has 4 atom stereocenters. The molecule has 1 amide bonds. The van der Waals surface area contributed by atoms with Crippen molar-refractivity contribution in [2.75, 3.05) is 7.05 Å². The van der Waals surface area contributed by atoms with Gasteiger partial charge in [-0.3, -0.25) is 4.79 Å². The Balaban J connectivity index is 1.43. The maximum atomic E-state index is 12.7. The highest BCUT2D eigenvalue weighted by Crippen LogP contribution is 2.50. The van der Waals surface area contributed by atoms with Crippen LogP contribution in [0.5, 0.6) is 0 Å². The standard InChI is InChI=1S/C19H25NO/c1-20(18-9-8-14-4-2-3-5-17(14)18)19(21)12-16-11-13-6-7-15(16)10-13/h2-5,13,15-16,18H,6-12H2,1H3. The van der Waals surface area contributed by atoms with Gasteiger partial charge < -0.3 is 4.90 Å². The molecule has 2 nitrogen and oxygen atoms in total. The summed E-state index contributed by atoms with van der Waals surface area (Å²) >= 11 is 0. The first-order chi connectivity index (χ1) is 10.2. The predicted octanol–water partition coefficient (Wildman–Crippen LogP) is 3.96. The normalized spacial score (nSPS) is 33.2. The topological polar surface area (TPSA) is 20.3 Å². The third-order valence-corrected chi connectivity index (χ3v) is 6.28. The van der Waals surface area contributed by atoms with Gasteiger partial charge in [-0.1, -0.05) is 30.7 Å². The lowest BCUT2D eigenvalue weighted by Gasteiger charge is -2.29. The molecule has 0 aromatic heterocycles. The van der Waals surface area contributed by atoms with Crippen molar-refractivity contribution in [2.45, 2.75) is 51.0 Å². The van der Waals surface area contributed by atoms with Crippen LogP contribution in [0.3, 0.4) is 0 Å². The van der Waals surface area contributed by atoms with Crippen LogP contribution in [0.25, 0.3) is 0 Å². The largest absolute Gasteiger partial charge is 0.339 e. The van der Waals surface area contributed by atoms with E-state index in [1.165, 1.54) is 36.8 Å². The third kappa shape index (κ3) is 2.29. The Kier molecular flexibility index (Phi) is 3.28. The van der Waals surface area contributed by atoms with Crippen molar-refractivity contribution in [1.82, 2.24) is 4.90 Å². The van der Waals surface area contributed by atoms with Crippen LogP contribution < -0.4 is 0 Å². The Morgan fingerprint density at radius 3 is 2.81 bits per heavy atom. The molecule has 2 bridgehead atoms. The molecule has 112 valence electrons. The number of carbonyl (C=O) groups is 1. The molecule has 2 fully saturated rings. The van der Waals surface area contributed by atoms with Crippen molar-refractivity contribution < 1.29 is 4.79 Å². The van der Waals surface area contributed by atoms with Crippen LogP contribution in [0.2, 0.25) is 0 Å². The van der Waals surface area contributed by atoms with Crippen molar-refractivity contribution in [1.29, 1.82) is 0 Å². The first kappa shape index (κ1) is 13.4. The van der Waals surface area contributed by atoms with Crippen LogP contribution in [0, 0.1) is 17.8 Å². The minimum absolute atomic E-state index is 0.312. The number of hydrogen-bond acceptors (Lipinski definition) is 1. The SMILES string of the molecule is CN(C(=O)CC1CC2CCC1C2)C1CCc2ccccc21. The second-order valence-corrected chi connectivity index (χ2v) is 7.40. The van der Waals surface area contributed by atoms with Gasteiger partial charge in [-0.25, -0.2) is 0 Å². The number of benzene rings is 1. The summed E-state index contributed by atoms with van der Waals surface area (Å²) in [4.78, 5) is 14.7. The second kappa shape index (κ2) is 5.15. The zero-order chi connectivity index (χ0) is 14.4. The van der Waals surface area contributed by atoms with Gasteiger partial charge in [0.05, 0.1) is 6.04 Å². The number of carbonyl (C=O) groups excluding carboxylic acids is 1. The summed E-state index contributed by atoms with van der Waals surface area (Å²) in [6.07, 6.45) is 8.50. The minimum atomic E-state index is 0.312. The van der Waals surface area contributed by atoms with Crippen molar-refractivity contribution in [2.24, 2.45) is 17.8 Å². The molecule has 2 saturated carbocycles. The van der Waals surface area contributed by atoms with Crippen LogP contribution in [0.4, 0.5) is 0 Å². The molecule has 4 rings (SSSR count). The Morgan fingerprint density at radius 1 is 1.19 bits per heavy atom. The van der Waals surface area contributed by atoms with Gasteiger partial charge in [0.1, 0.15) is 0 Å². The zero-order valence-electron chi connectivity index (χ0n) is 12.9. The summed E-state index contributed by atoms with van der Waals surface area (Å²) in [5.41, 5.74) is 2.81. The van der Waals surface area contributed by atoms with E-state index < -0.39 is 0 Å². The number of aryl methyl sites for hydroxylation is 1. The van der Waals surface area contributed by atoms with Crippen molar-refractivity contribution in [3.8, 4) is 0 Å². The molecule has 4 unspecified atom stereocenters. The fraction of sp³-hybridized carbons (Fsp3) is 0.632. The van der Waals surface area contributed by atoms with E-state index in [9.17, 15) is 4.79 Å². The van der Waals surface area contributed by atoms with Gasteiger partial charge in [-0.15, -0.1) is 0 Å². The van der Waals surface area contributed by atoms with E-state index in [1.54, 1.807) is 0 Å². The summed E-state index contributed by atoms with van der Waals surface area (Å²) in [6, 6.07) is 8.94. The molecular weight excluding hydrogens is 258 g/mol. The van der Waals surface area contributed by atoms with E-state index in [1.807, 2.05) is 11.9 Å². The molecule has 21 heavy (non-hydrogen) atoms. The van der Waals surface area contributed by atoms with E-state index in [4.69, 9.17) is 0 Å². The summed E-state index contributed by atoms with van der Waals surface area (Å²) in [7, 11) is 2.02. The Bertz CT molecular complexity index is 552. The van der Waals surface area contributed by atoms with Gasteiger partial charge in [0.15, 0.2) is 0 Å². The van der Waals surface area contributed by atoms with Crippen molar-refractivity contribution in [3.05, 3.63) is 35.4 Å². The van der Waals surface area contributed by atoms with Gasteiger partial charge in [0.25, 0.3) is 0 Å². The zero-order valence-corrected chi connectivity index (χ0v) is 12.9. The first-order valence-electron chi connectivity index (χ1n) is 8.56. The quantitative estimate of drug-likeness (QED) is 0.822. The molecule has 0 N–H and O–H groups in total. The average molecular weight is 283 g/mol. The third-order valence-electron chi connectivity index (χ3n) is 6.28. The van der Waals surface area contributed by atoms with Crippen molar-refractivity contribution in [3.63, 3.8) is 0 Å². The van der Waals surface area contributed by atoms with E-state index in [0.29, 0.717) is 17.9 Å². The molecular formula is C19H25NO. The molecule has 0 aliphatic heterocycles. The molecule has 1 aromatic carbocycles. The fourth-order valence-electron chi connectivity index (χ4n) is 5.11. The molecule has 3 aliphatic carbocycles.